The average Bonchev–Trinajstić information content (AvgIpc) is 2.45. The lowest BCUT2D eigenvalue weighted by Crippen LogP contribution is -2.48. The van der Waals surface area contributed by atoms with Crippen molar-refractivity contribution >= 4 is 27.6 Å². The number of hydrogen-bond acceptors (Lipinski definition) is 5. The second-order valence-electron chi connectivity index (χ2n) is 5.22. The molecule has 8 heteroatoms. The number of rotatable bonds is 3. The van der Waals surface area contributed by atoms with Gasteiger partial charge in [-0.15, -0.1) is 0 Å². The summed E-state index contributed by atoms with van der Waals surface area (Å²) < 4.78 is 36.9. The molecule has 0 radical (unpaired) electrons. The van der Waals surface area contributed by atoms with E-state index in [1.165, 1.54) is 29.6 Å². The minimum absolute atomic E-state index is 0.00491. The van der Waals surface area contributed by atoms with Crippen LogP contribution in [-0.2, 0) is 19.5 Å². The summed E-state index contributed by atoms with van der Waals surface area (Å²) in [5.41, 5.74) is 0.204. The highest BCUT2D eigenvalue weighted by Gasteiger charge is 2.33. The summed E-state index contributed by atoms with van der Waals surface area (Å²) in [7, 11) is -2.49. The Kier molecular flexibility index (Phi) is 5.11. The summed E-state index contributed by atoms with van der Waals surface area (Å²) in [6.45, 7) is 4.17. The van der Waals surface area contributed by atoms with E-state index in [0.29, 0.717) is 0 Å². The lowest BCUT2D eigenvalue weighted by atomic mass is 10.2. The van der Waals surface area contributed by atoms with Crippen LogP contribution in [0.2, 0.25) is 5.02 Å². The molecule has 1 heterocycles. The van der Waals surface area contributed by atoms with Gasteiger partial charge in [-0.05, 0) is 32.0 Å². The molecule has 0 N–H and O–H groups in total. The molecule has 0 saturated carbocycles. The highest BCUT2D eigenvalue weighted by molar-refractivity contribution is 7.89. The van der Waals surface area contributed by atoms with Crippen molar-refractivity contribution in [1.82, 2.24) is 4.31 Å². The summed E-state index contributed by atoms with van der Waals surface area (Å²) >= 11 is 6.06. The Morgan fingerprint density at radius 2 is 1.91 bits per heavy atom. The lowest BCUT2D eigenvalue weighted by Gasteiger charge is -2.34. The van der Waals surface area contributed by atoms with Crippen molar-refractivity contribution in [2.75, 3.05) is 20.2 Å². The molecule has 1 fully saturated rings. The normalized spacial score (nSPS) is 23.3. The van der Waals surface area contributed by atoms with E-state index >= 15 is 0 Å². The van der Waals surface area contributed by atoms with Crippen molar-refractivity contribution in [2.45, 2.75) is 31.0 Å². The van der Waals surface area contributed by atoms with Crippen LogP contribution in [0.3, 0.4) is 0 Å². The Morgan fingerprint density at radius 3 is 2.41 bits per heavy atom. The molecule has 2 rings (SSSR count). The molecule has 0 aliphatic carbocycles. The predicted octanol–water partition coefficient (Wildman–Crippen LogP) is 1.92. The molecule has 2 unspecified atom stereocenters. The summed E-state index contributed by atoms with van der Waals surface area (Å²) in [6, 6.07) is 4.01. The number of morpholine rings is 1. The van der Waals surface area contributed by atoms with Crippen LogP contribution < -0.4 is 0 Å². The number of sulfonamides is 1. The summed E-state index contributed by atoms with van der Waals surface area (Å²) in [5.74, 6) is -0.570. The van der Waals surface area contributed by atoms with Gasteiger partial charge in [0.1, 0.15) is 4.90 Å². The van der Waals surface area contributed by atoms with Gasteiger partial charge in [0, 0.05) is 13.1 Å². The van der Waals surface area contributed by atoms with E-state index in [9.17, 15) is 13.2 Å². The van der Waals surface area contributed by atoms with Crippen molar-refractivity contribution in [3.8, 4) is 0 Å². The molecule has 0 amide bonds. The second-order valence-corrected chi connectivity index (χ2v) is 7.53. The Morgan fingerprint density at radius 1 is 1.32 bits per heavy atom. The number of halogens is 1. The van der Waals surface area contributed by atoms with Crippen LogP contribution in [0.4, 0.5) is 0 Å². The number of esters is 1. The van der Waals surface area contributed by atoms with Gasteiger partial charge in [-0.2, -0.15) is 4.31 Å². The topological polar surface area (TPSA) is 72.9 Å². The van der Waals surface area contributed by atoms with Crippen LogP contribution in [0, 0.1) is 0 Å². The quantitative estimate of drug-likeness (QED) is 0.781. The third kappa shape index (κ3) is 3.43. The Balaban J connectivity index is 2.35. The van der Waals surface area contributed by atoms with Gasteiger partial charge < -0.3 is 9.47 Å². The molecule has 122 valence electrons. The molecular weight excluding hydrogens is 330 g/mol. The fourth-order valence-corrected chi connectivity index (χ4v) is 4.53. The number of methoxy groups -OCH3 is 1. The number of ether oxygens (including phenoxy) is 2. The first-order valence-corrected chi connectivity index (χ1v) is 8.61. The van der Waals surface area contributed by atoms with E-state index < -0.39 is 16.0 Å². The van der Waals surface area contributed by atoms with Crippen molar-refractivity contribution in [3.05, 3.63) is 28.8 Å². The first-order chi connectivity index (χ1) is 10.3. The molecule has 1 aromatic rings. The van der Waals surface area contributed by atoms with Gasteiger partial charge in [0.15, 0.2) is 0 Å². The summed E-state index contributed by atoms with van der Waals surface area (Å²) in [6.07, 6.45) is -0.377. The maximum absolute atomic E-state index is 12.7. The second kappa shape index (κ2) is 6.54. The zero-order valence-corrected chi connectivity index (χ0v) is 14.1. The average molecular weight is 348 g/mol. The highest BCUT2D eigenvalue weighted by atomic mass is 35.5. The molecule has 0 spiro atoms. The minimum atomic E-state index is -3.74. The SMILES string of the molecule is COC(=O)c1ccc(S(=O)(=O)N2CC(C)OC(C)C2)c(Cl)c1. The van der Waals surface area contributed by atoms with Gasteiger partial charge >= 0.3 is 5.97 Å². The van der Waals surface area contributed by atoms with Gasteiger partial charge in [-0.3, -0.25) is 0 Å². The molecule has 1 saturated heterocycles. The number of carbonyl (C=O) groups is 1. The van der Waals surface area contributed by atoms with Gasteiger partial charge in [0.05, 0.1) is 29.9 Å². The molecule has 1 aliphatic rings. The van der Waals surface area contributed by atoms with Crippen LogP contribution in [-0.4, -0.2) is 51.1 Å². The molecule has 0 aromatic heterocycles. The number of nitrogens with zero attached hydrogens (tertiary/aromatic N) is 1. The number of hydrogen-bond donors (Lipinski definition) is 0. The van der Waals surface area contributed by atoms with Crippen LogP contribution >= 0.6 is 11.6 Å². The van der Waals surface area contributed by atoms with Crippen LogP contribution in [0.15, 0.2) is 23.1 Å². The number of benzene rings is 1. The smallest absolute Gasteiger partial charge is 0.337 e. The fourth-order valence-electron chi connectivity index (χ4n) is 2.42. The Labute approximate surface area is 135 Å². The minimum Gasteiger partial charge on any atom is -0.465 e. The molecule has 6 nitrogen and oxygen atoms in total. The van der Waals surface area contributed by atoms with E-state index in [1.807, 2.05) is 13.8 Å². The van der Waals surface area contributed by atoms with Crippen LogP contribution in [0.1, 0.15) is 24.2 Å². The largest absolute Gasteiger partial charge is 0.465 e. The summed E-state index contributed by atoms with van der Waals surface area (Å²) in [4.78, 5) is 11.4. The monoisotopic (exact) mass is 347 g/mol. The van der Waals surface area contributed by atoms with Crippen molar-refractivity contribution in [1.29, 1.82) is 0 Å². The highest BCUT2D eigenvalue weighted by Crippen LogP contribution is 2.28. The van der Waals surface area contributed by atoms with Gasteiger partial charge in [-0.25, -0.2) is 13.2 Å². The molecule has 0 bridgehead atoms. The van der Waals surface area contributed by atoms with Gasteiger partial charge in [0.2, 0.25) is 10.0 Å². The van der Waals surface area contributed by atoms with E-state index in [4.69, 9.17) is 16.3 Å². The predicted molar refractivity (Wildman–Crippen MR) is 81.6 cm³/mol. The standard InChI is InChI=1S/C14H18ClNO5S/c1-9-7-16(8-10(2)21-9)22(18,19)13-5-4-11(6-12(13)15)14(17)20-3/h4-6,9-10H,7-8H2,1-3H3. The zero-order chi connectivity index (χ0) is 16.5. The van der Waals surface area contributed by atoms with Crippen LogP contribution in [0.25, 0.3) is 0 Å². The molecule has 2 atom stereocenters. The first-order valence-electron chi connectivity index (χ1n) is 6.79. The third-order valence-corrected chi connectivity index (χ3v) is 5.67. The molecular formula is C14H18ClNO5S. The van der Waals surface area contributed by atoms with E-state index in [1.54, 1.807) is 0 Å². The van der Waals surface area contributed by atoms with E-state index in [2.05, 4.69) is 4.74 Å². The third-order valence-electron chi connectivity index (χ3n) is 3.36. The lowest BCUT2D eigenvalue weighted by molar-refractivity contribution is -0.0440. The fraction of sp³-hybridized carbons (Fsp3) is 0.500. The zero-order valence-electron chi connectivity index (χ0n) is 12.6. The molecule has 1 aliphatic heterocycles. The van der Waals surface area contributed by atoms with Crippen molar-refractivity contribution < 1.29 is 22.7 Å². The van der Waals surface area contributed by atoms with Crippen molar-refractivity contribution in [3.63, 3.8) is 0 Å². The maximum atomic E-state index is 12.7. The molecule has 22 heavy (non-hydrogen) atoms. The van der Waals surface area contributed by atoms with E-state index in [-0.39, 0.29) is 40.8 Å². The number of carbonyl (C=O) groups excluding carboxylic acids is 1. The molecule has 1 aromatic carbocycles. The summed E-state index contributed by atoms with van der Waals surface area (Å²) in [5, 5.41) is -0.00491. The Bertz CT molecular complexity index is 666. The first kappa shape index (κ1) is 17.2. The van der Waals surface area contributed by atoms with Crippen LogP contribution in [0.5, 0.6) is 0 Å². The Hall–Kier alpha value is -1.15. The van der Waals surface area contributed by atoms with E-state index in [0.717, 1.165) is 0 Å². The van der Waals surface area contributed by atoms with Gasteiger partial charge in [0.25, 0.3) is 0 Å². The maximum Gasteiger partial charge on any atom is 0.337 e. The van der Waals surface area contributed by atoms with Gasteiger partial charge in [-0.1, -0.05) is 11.6 Å². The van der Waals surface area contributed by atoms with Crippen molar-refractivity contribution in [2.24, 2.45) is 0 Å².